The van der Waals surface area contributed by atoms with Crippen molar-refractivity contribution in [3.63, 3.8) is 0 Å². The lowest BCUT2D eigenvalue weighted by Crippen LogP contribution is -2.34. The van der Waals surface area contributed by atoms with Crippen LogP contribution in [0.1, 0.15) is 24.8 Å². The molecule has 4 nitrogen and oxygen atoms in total. The molecule has 3 amide bonds. The van der Waals surface area contributed by atoms with E-state index in [0.717, 1.165) is 37.3 Å². The zero-order valence-corrected chi connectivity index (χ0v) is 12.0. The van der Waals surface area contributed by atoms with E-state index in [0.29, 0.717) is 6.54 Å². The number of halogens is 1. The first-order chi connectivity index (χ1) is 9.66. The Bertz CT molecular complexity index is 507. The quantitative estimate of drug-likeness (QED) is 0.801. The number of fused-ring (bicyclic) bond motifs is 1. The van der Waals surface area contributed by atoms with Crippen LogP contribution >= 0.6 is 11.6 Å². The largest absolute Gasteiger partial charge is 0.327 e. The Morgan fingerprint density at radius 3 is 2.65 bits per heavy atom. The highest BCUT2D eigenvalue weighted by Gasteiger charge is 2.46. The Balaban J connectivity index is 1.55. The first-order valence-corrected chi connectivity index (χ1v) is 7.41. The third-order valence-corrected chi connectivity index (χ3v) is 4.29. The van der Waals surface area contributed by atoms with Crippen LogP contribution in [0.15, 0.2) is 24.3 Å². The summed E-state index contributed by atoms with van der Waals surface area (Å²) in [5, 5.41) is 0.722. The monoisotopic (exact) mass is 292 g/mol. The standard InChI is InChI=1S/C15H17ClN2O2/c16-12-7-5-11(6-8-12)3-1-10-18-14(19)13-4-2-9-17(13)15(18)20/h5-8,13H,1-4,9-10H2/t13-/m0/s1. The lowest BCUT2D eigenvalue weighted by Gasteiger charge is -2.15. The average Bonchev–Trinajstić information content (AvgIpc) is 3.00. The highest BCUT2D eigenvalue weighted by atomic mass is 35.5. The third-order valence-electron chi connectivity index (χ3n) is 4.04. The van der Waals surface area contributed by atoms with Crippen LogP contribution in [0, 0.1) is 0 Å². The summed E-state index contributed by atoms with van der Waals surface area (Å²) in [7, 11) is 0. The van der Waals surface area contributed by atoms with E-state index in [1.807, 2.05) is 24.3 Å². The van der Waals surface area contributed by atoms with Gasteiger partial charge in [0.25, 0.3) is 5.91 Å². The number of imide groups is 1. The average molecular weight is 293 g/mol. The summed E-state index contributed by atoms with van der Waals surface area (Å²) >= 11 is 5.84. The van der Waals surface area contributed by atoms with Gasteiger partial charge in [0.2, 0.25) is 0 Å². The van der Waals surface area contributed by atoms with Crippen LogP contribution in [0.25, 0.3) is 0 Å². The van der Waals surface area contributed by atoms with Crippen molar-refractivity contribution in [3.05, 3.63) is 34.9 Å². The normalized spacial score (nSPS) is 21.8. The fourth-order valence-corrected chi connectivity index (χ4v) is 3.11. The molecular formula is C15H17ClN2O2. The van der Waals surface area contributed by atoms with Crippen LogP contribution in [0.4, 0.5) is 4.79 Å². The maximum absolute atomic E-state index is 12.1. The van der Waals surface area contributed by atoms with E-state index in [1.165, 1.54) is 10.5 Å². The highest BCUT2D eigenvalue weighted by Crippen LogP contribution is 2.27. The molecule has 2 fully saturated rings. The number of benzene rings is 1. The van der Waals surface area contributed by atoms with E-state index in [9.17, 15) is 9.59 Å². The third kappa shape index (κ3) is 2.40. The molecule has 0 radical (unpaired) electrons. The Labute approximate surface area is 123 Å². The van der Waals surface area contributed by atoms with Crippen molar-refractivity contribution >= 4 is 23.5 Å². The van der Waals surface area contributed by atoms with E-state index in [1.54, 1.807) is 4.90 Å². The van der Waals surface area contributed by atoms with Crippen LogP contribution in [0.5, 0.6) is 0 Å². The number of amides is 3. The van der Waals surface area contributed by atoms with Crippen molar-refractivity contribution < 1.29 is 9.59 Å². The molecule has 3 rings (SSSR count). The summed E-state index contributed by atoms with van der Waals surface area (Å²) in [6, 6.07) is 7.40. The second kappa shape index (κ2) is 5.44. The minimum atomic E-state index is -0.182. The molecule has 0 aliphatic carbocycles. The molecular weight excluding hydrogens is 276 g/mol. The molecule has 0 bridgehead atoms. The summed E-state index contributed by atoms with van der Waals surface area (Å²) in [4.78, 5) is 27.4. The van der Waals surface area contributed by atoms with Crippen molar-refractivity contribution in [2.75, 3.05) is 13.1 Å². The number of hydrogen-bond acceptors (Lipinski definition) is 2. The van der Waals surface area contributed by atoms with Crippen molar-refractivity contribution in [1.29, 1.82) is 0 Å². The molecule has 2 heterocycles. The van der Waals surface area contributed by atoms with Gasteiger partial charge in [-0.2, -0.15) is 0 Å². The van der Waals surface area contributed by atoms with Gasteiger partial charge in [-0.05, 0) is 43.4 Å². The van der Waals surface area contributed by atoms with Crippen LogP contribution in [-0.4, -0.2) is 40.9 Å². The molecule has 1 atom stereocenters. The molecule has 2 saturated heterocycles. The highest BCUT2D eigenvalue weighted by molar-refractivity contribution is 6.30. The van der Waals surface area contributed by atoms with E-state index >= 15 is 0 Å². The number of aryl methyl sites for hydroxylation is 1. The second-order valence-corrected chi connectivity index (χ2v) is 5.79. The Morgan fingerprint density at radius 2 is 1.95 bits per heavy atom. The number of urea groups is 1. The lowest BCUT2D eigenvalue weighted by molar-refractivity contribution is -0.128. The van der Waals surface area contributed by atoms with Crippen LogP contribution in [-0.2, 0) is 11.2 Å². The number of hydrogen-bond donors (Lipinski definition) is 0. The SMILES string of the molecule is O=C1[C@@H]2CCCN2C(=O)N1CCCc1ccc(Cl)cc1. The predicted octanol–water partition coefficient (Wildman–Crippen LogP) is 2.70. The number of carbonyl (C=O) groups excluding carboxylic acids is 2. The van der Waals surface area contributed by atoms with Gasteiger partial charge in [0, 0.05) is 18.1 Å². The minimum Gasteiger partial charge on any atom is -0.312 e. The minimum absolute atomic E-state index is 0.0105. The summed E-state index contributed by atoms with van der Waals surface area (Å²) in [5.41, 5.74) is 1.17. The van der Waals surface area contributed by atoms with E-state index in [4.69, 9.17) is 11.6 Å². The van der Waals surface area contributed by atoms with E-state index in [-0.39, 0.29) is 18.0 Å². The molecule has 0 unspecified atom stereocenters. The van der Waals surface area contributed by atoms with Gasteiger partial charge in [0.15, 0.2) is 0 Å². The first-order valence-electron chi connectivity index (χ1n) is 7.03. The van der Waals surface area contributed by atoms with Crippen molar-refractivity contribution in [1.82, 2.24) is 9.80 Å². The van der Waals surface area contributed by atoms with E-state index < -0.39 is 0 Å². The van der Waals surface area contributed by atoms with Gasteiger partial charge >= 0.3 is 6.03 Å². The zero-order valence-electron chi connectivity index (χ0n) is 11.2. The van der Waals surface area contributed by atoms with Gasteiger partial charge in [-0.1, -0.05) is 23.7 Å². The van der Waals surface area contributed by atoms with Crippen LogP contribution < -0.4 is 0 Å². The van der Waals surface area contributed by atoms with Gasteiger partial charge in [-0.3, -0.25) is 9.69 Å². The number of carbonyl (C=O) groups is 2. The van der Waals surface area contributed by atoms with Gasteiger partial charge in [-0.15, -0.1) is 0 Å². The first kappa shape index (κ1) is 13.4. The molecule has 1 aromatic carbocycles. The van der Waals surface area contributed by atoms with Gasteiger partial charge in [0.1, 0.15) is 6.04 Å². The molecule has 5 heteroatoms. The van der Waals surface area contributed by atoms with E-state index in [2.05, 4.69) is 0 Å². The van der Waals surface area contributed by atoms with Crippen molar-refractivity contribution in [3.8, 4) is 0 Å². The Morgan fingerprint density at radius 1 is 1.20 bits per heavy atom. The summed E-state index contributed by atoms with van der Waals surface area (Å²) < 4.78 is 0. The topological polar surface area (TPSA) is 40.6 Å². The molecule has 0 saturated carbocycles. The molecule has 0 aromatic heterocycles. The Hall–Kier alpha value is -1.55. The zero-order chi connectivity index (χ0) is 14.1. The Kier molecular flexibility index (Phi) is 3.66. The van der Waals surface area contributed by atoms with Gasteiger partial charge in [0.05, 0.1) is 0 Å². The maximum atomic E-state index is 12.1. The van der Waals surface area contributed by atoms with Crippen LogP contribution in [0.3, 0.4) is 0 Å². The van der Waals surface area contributed by atoms with Gasteiger partial charge in [-0.25, -0.2) is 4.79 Å². The molecule has 2 aliphatic rings. The van der Waals surface area contributed by atoms with Gasteiger partial charge < -0.3 is 4.90 Å². The summed E-state index contributed by atoms with van der Waals surface area (Å²) in [6.07, 6.45) is 3.40. The molecule has 0 N–H and O–H groups in total. The van der Waals surface area contributed by atoms with Crippen molar-refractivity contribution in [2.45, 2.75) is 31.7 Å². The van der Waals surface area contributed by atoms with Crippen molar-refractivity contribution in [2.24, 2.45) is 0 Å². The summed E-state index contributed by atoms with van der Waals surface area (Å²) in [5.74, 6) is -0.0105. The fourth-order valence-electron chi connectivity index (χ4n) is 2.98. The second-order valence-electron chi connectivity index (χ2n) is 5.35. The molecule has 0 spiro atoms. The number of nitrogens with zero attached hydrogens (tertiary/aromatic N) is 2. The molecule has 106 valence electrons. The number of rotatable bonds is 4. The predicted molar refractivity (Wildman–Crippen MR) is 76.6 cm³/mol. The summed E-state index contributed by atoms with van der Waals surface area (Å²) in [6.45, 7) is 1.23. The molecule has 1 aromatic rings. The fraction of sp³-hybridized carbons (Fsp3) is 0.467. The smallest absolute Gasteiger partial charge is 0.312 e. The molecule has 20 heavy (non-hydrogen) atoms. The van der Waals surface area contributed by atoms with Crippen LogP contribution in [0.2, 0.25) is 5.02 Å². The maximum Gasteiger partial charge on any atom is 0.327 e. The molecule has 2 aliphatic heterocycles. The lowest BCUT2D eigenvalue weighted by atomic mass is 10.1.